The second kappa shape index (κ2) is 7.32. The van der Waals surface area contributed by atoms with Crippen molar-refractivity contribution in [1.29, 1.82) is 0 Å². The Bertz CT molecular complexity index is 1080. The number of methoxy groups -OCH3 is 1. The summed E-state index contributed by atoms with van der Waals surface area (Å²) in [6, 6.07) is 13.9. The quantitative estimate of drug-likeness (QED) is 0.590. The Morgan fingerprint density at radius 2 is 1.97 bits per heavy atom. The Labute approximate surface area is 175 Å². The lowest BCUT2D eigenvalue weighted by Gasteiger charge is -2.22. The SMILES string of the molecule is COc1ccc(-c2noc(CN3C(=O)NC(C)(c4cccc(Br)c4)C3=O)n2)cc1. The van der Waals surface area contributed by atoms with Crippen LogP contribution in [-0.2, 0) is 16.9 Å². The van der Waals surface area contributed by atoms with Crippen molar-refractivity contribution < 1.29 is 18.8 Å². The van der Waals surface area contributed by atoms with Gasteiger partial charge in [-0.2, -0.15) is 4.98 Å². The molecule has 1 N–H and O–H groups in total. The highest BCUT2D eigenvalue weighted by Crippen LogP contribution is 2.31. The van der Waals surface area contributed by atoms with Gasteiger partial charge in [0.2, 0.25) is 11.7 Å². The topological polar surface area (TPSA) is 97.6 Å². The van der Waals surface area contributed by atoms with Crippen molar-refractivity contribution in [3.63, 3.8) is 0 Å². The molecule has 0 aliphatic carbocycles. The Morgan fingerprint density at radius 3 is 2.66 bits per heavy atom. The van der Waals surface area contributed by atoms with Gasteiger partial charge >= 0.3 is 6.03 Å². The van der Waals surface area contributed by atoms with E-state index in [1.165, 1.54) is 0 Å². The fourth-order valence-electron chi connectivity index (χ4n) is 3.15. The number of nitrogens with zero attached hydrogens (tertiary/aromatic N) is 3. The van der Waals surface area contributed by atoms with Crippen molar-refractivity contribution in [3.05, 3.63) is 64.5 Å². The van der Waals surface area contributed by atoms with Gasteiger partial charge in [-0.05, 0) is 48.9 Å². The van der Waals surface area contributed by atoms with Crippen molar-refractivity contribution >= 4 is 27.9 Å². The van der Waals surface area contributed by atoms with E-state index in [1.54, 1.807) is 50.4 Å². The molecule has 3 aromatic rings. The Kier molecular flexibility index (Phi) is 4.83. The zero-order valence-corrected chi connectivity index (χ0v) is 17.3. The number of imide groups is 1. The van der Waals surface area contributed by atoms with Crippen molar-refractivity contribution in [1.82, 2.24) is 20.4 Å². The van der Waals surface area contributed by atoms with E-state index in [4.69, 9.17) is 9.26 Å². The summed E-state index contributed by atoms with van der Waals surface area (Å²) in [6.45, 7) is 1.56. The molecule has 148 valence electrons. The minimum absolute atomic E-state index is 0.114. The van der Waals surface area contributed by atoms with Crippen LogP contribution in [0.4, 0.5) is 4.79 Å². The number of carbonyl (C=O) groups is 2. The van der Waals surface area contributed by atoms with Gasteiger partial charge in [-0.3, -0.25) is 9.69 Å². The number of nitrogens with one attached hydrogen (secondary N) is 1. The van der Waals surface area contributed by atoms with Crippen LogP contribution < -0.4 is 10.1 Å². The largest absolute Gasteiger partial charge is 0.497 e. The van der Waals surface area contributed by atoms with Crippen LogP contribution in [-0.4, -0.2) is 34.1 Å². The minimum atomic E-state index is -1.17. The van der Waals surface area contributed by atoms with Crippen molar-refractivity contribution in [2.75, 3.05) is 7.11 Å². The molecule has 1 atom stereocenters. The highest BCUT2D eigenvalue weighted by molar-refractivity contribution is 9.10. The average Bonchev–Trinajstić information content (AvgIpc) is 3.27. The van der Waals surface area contributed by atoms with Gasteiger partial charge in [-0.15, -0.1) is 0 Å². The third kappa shape index (κ3) is 3.49. The van der Waals surface area contributed by atoms with E-state index in [0.717, 1.165) is 14.9 Å². The Hall–Kier alpha value is -3.20. The van der Waals surface area contributed by atoms with Crippen LogP contribution in [0.3, 0.4) is 0 Å². The fraction of sp³-hybridized carbons (Fsp3) is 0.200. The molecular formula is C20H17BrN4O4. The lowest BCUT2D eigenvalue weighted by Crippen LogP contribution is -2.40. The van der Waals surface area contributed by atoms with Crippen LogP contribution in [0.1, 0.15) is 18.4 Å². The standard InChI is InChI=1S/C20H17BrN4O4/c1-20(13-4-3-5-14(21)10-13)18(26)25(19(27)23-20)11-16-22-17(24-29-16)12-6-8-15(28-2)9-7-12/h3-10H,11H2,1-2H3,(H,23,27). The third-order valence-corrected chi connectivity index (χ3v) is 5.28. The highest BCUT2D eigenvalue weighted by Gasteiger charge is 2.49. The first-order chi connectivity index (χ1) is 13.9. The molecule has 3 amide bonds. The maximum Gasteiger partial charge on any atom is 0.325 e. The third-order valence-electron chi connectivity index (χ3n) is 4.79. The second-order valence-electron chi connectivity index (χ2n) is 6.70. The maximum atomic E-state index is 13.0. The van der Waals surface area contributed by atoms with Crippen LogP contribution >= 0.6 is 15.9 Å². The lowest BCUT2D eigenvalue weighted by atomic mass is 9.92. The average molecular weight is 457 g/mol. The Morgan fingerprint density at radius 1 is 1.21 bits per heavy atom. The number of benzene rings is 2. The fourth-order valence-corrected chi connectivity index (χ4v) is 3.55. The number of halogens is 1. The highest BCUT2D eigenvalue weighted by atomic mass is 79.9. The van der Waals surface area contributed by atoms with E-state index < -0.39 is 11.6 Å². The van der Waals surface area contributed by atoms with Gasteiger partial charge in [0.1, 0.15) is 17.8 Å². The van der Waals surface area contributed by atoms with Gasteiger partial charge < -0.3 is 14.6 Å². The zero-order valence-electron chi connectivity index (χ0n) is 15.7. The molecule has 0 spiro atoms. The van der Waals surface area contributed by atoms with E-state index in [2.05, 4.69) is 31.4 Å². The summed E-state index contributed by atoms with van der Waals surface area (Å²) >= 11 is 3.39. The molecule has 1 unspecified atom stereocenters. The van der Waals surface area contributed by atoms with E-state index in [1.807, 2.05) is 12.1 Å². The molecule has 0 radical (unpaired) electrons. The maximum absolute atomic E-state index is 13.0. The smallest absolute Gasteiger partial charge is 0.325 e. The molecule has 0 saturated carbocycles. The zero-order chi connectivity index (χ0) is 20.6. The molecule has 1 fully saturated rings. The van der Waals surface area contributed by atoms with Gasteiger partial charge in [-0.25, -0.2) is 4.79 Å². The van der Waals surface area contributed by atoms with Crippen molar-refractivity contribution in [3.8, 4) is 17.1 Å². The predicted octanol–water partition coefficient (Wildman–Crippen LogP) is 3.47. The summed E-state index contributed by atoms with van der Waals surface area (Å²) in [5.74, 6) is 0.857. The van der Waals surface area contributed by atoms with E-state index in [9.17, 15) is 9.59 Å². The summed E-state index contributed by atoms with van der Waals surface area (Å²) in [7, 11) is 1.58. The van der Waals surface area contributed by atoms with Crippen LogP contribution in [0, 0.1) is 0 Å². The number of ether oxygens (including phenoxy) is 1. The molecule has 0 bridgehead atoms. The molecule has 29 heavy (non-hydrogen) atoms. The predicted molar refractivity (Wildman–Crippen MR) is 107 cm³/mol. The first-order valence-electron chi connectivity index (χ1n) is 8.78. The number of amides is 3. The molecule has 4 rings (SSSR count). The van der Waals surface area contributed by atoms with E-state index in [-0.39, 0.29) is 18.3 Å². The van der Waals surface area contributed by atoms with E-state index in [0.29, 0.717) is 17.1 Å². The number of rotatable bonds is 5. The van der Waals surface area contributed by atoms with Crippen LogP contribution in [0.15, 0.2) is 57.5 Å². The lowest BCUT2D eigenvalue weighted by molar-refractivity contribution is -0.131. The summed E-state index contributed by atoms with van der Waals surface area (Å²) in [5, 5.41) is 6.70. The Balaban J connectivity index is 1.55. The number of hydrogen-bond donors (Lipinski definition) is 1. The van der Waals surface area contributed by atoms with Crippen LogP contribution in [0.5, 0.6) is 5.75 Å². The van der Waals surface area contributed by atoms with Gasteiger partial charge in [0.05, 0.1) is 7.11 Å². The number of urea groups is 1. The monoisotopic (exact) mass is 456 g/mol. The molecule has 2 aromatic carbocycles. The molecule has 2 heterocycles. The number of hydrogen-bond acceptors (Lipinski definition) is 6. The number of aromatic nitrogens is 2. The summed E-state index contributed by atoms with van der Waals surface area (Å²) in [4.78, 5) is 30.9. The van der Waals surface area contributed by atoms with Gasteiger partial charge in [0, 0.05) is 10.0 Å². The summed E-state index contributed by atoms with van der Waals surface area (Å²) in [6.07, 6.45) is 0. The molecule has 1 aromatic heterocycles. The van der Waals surface area contributed by atoms with Gasteiger partial charge in [0.25, 0.3) is 5.91 Å². The van der Waals surface area contributed by atoms with Gasteiger partial charge in [0.15, 0.2) is 0 Å². The first kappa shape index (κ1) is 19.1. The molecule has 8 nitrogen and oxygen atoms in total. The van der Waals surface area contributed by atoms with E-state index >= 15 is 0 Å². The second-order valence-corrected chi connectivity index (χ2v) is 7.61. The normalized spacial score (nSPS) is 18.8. The first-order valence-corrected chi connectivity index (χ1v) is 9.57. The van der Waals surface area contributed by atoms with Crippen LogP contribution in [0.2, 0.25) is 0 Å². The van der Waals surface area contributed by atoms with Crippen molar-refractivity contribution in [2.24, 2.45) is 0 Å². The van der Waals surface area contributed by atoms with Crippen molar-refractivity contribution in [2.45, 2.75) is 19.0 Å². The molecule has 1 saturated heterocycles. The van der Waals surface area contributed by atoms with Gasteiger partial charge in [-0.1, -0.05) is 33.2 Å². The minimum Gasteiger partial charge on any atom is -0.497 e. The number of carbonyl (C=O) groups excluding carboxylic acids is 2. The molecular weight excluding hydrogens is 440 g/mol. The van der Waals surface area contributed by atoms with Crippen LogP contribution in [0.25, 0.3) is 11.4 Å². The molecule has 1 aliphatic rings. The molecule has 9 heteroatoms. The molecule has 1 aliphatic heterocycles. The summed E-state index contributed by atoms with van der Waals surface area (Å²) in [5.41, 5.74) is 0.244. The summed E-state index contributed by atoms with van der Waals surface area (Å²) < 4.78 is 11.2.